The summed E-state index contributed by atoms with van der Waals surface area (Å²) in [5.41, 5.74) is -0.768. The molecule has 0 saturated heterocycles. The fourth-order valence-corrected chi connectivity index (χ4v) is 1.23. The molecule has 1 heterocycles. The Morgan fingerprint density at radius 3 is 2.58 bits per heavy atom. The number of carboxylic acids is 1. The Morgan fingerprint density at radius 2 is 2.16 bits per heavy atom. The van der Waals surface area contributed by atoms with Crippen LogP contribution in [0.1, 0.15) is 38.3 Å². The van der Waals surface area contributed by atoms with Crippen LogP contribution in [0.25, 0.3) is 0 Å². The van der Waals surface area contributed by atoms with E-state index in [2.05, 4.69) is 15.0 Å². The maximum atomic E-state index is 11.5. The van der Waals surface area contributed by atoms with Gasteiger partial charge in [-0.25, -0.2) is 9.59 Å². The maximum Gasteiger partial charge on any atom is 0.408 e. The van der Waals surface area contributed by atoms with E-state index in [0.717, 1.165) is 0 Å². The summed E-state index contributed by atoms with van der Waals surface area (Å²) in [5.74, 6) is -1.21. The van der Waals surface area contributed by atoms with Crippen molar-refractivity contribution in [2.45, 2.75) is 39.0 Å². The molecule has 0 saturated carbocycles. The van der Waals surface area contributed by atoms with E-state index in [-0.39, 0.29) is 11.5 Å². The second kappa shape index (κ2) is 5.70. The molecule has 8 nitrogen and oxygen atoms in total. The van der Waals surface area contributed by atoms with Crippen molar-refractivity contribution in [3.05, 3.63) is 17.5 Å². The SMILES string of the molecule is CC(C)(C)OC(=O)N[C@@H](C(=O)O)c1cc(CO)on1. The highest BCUT2D eigenvalue weighted by molar-refractivity contribution is 5.80. The second-order valence-electron chi connectivity index (χ2n) is 4.79. The Labute approximate surface area is 109 Å². The molecule has 0 fully saturated rings. The molecule has 3 N–H and O–H groups in total. The standard InChI is InChI=1S/C11H16N2O6/c1-11(2,3)18-10(17)12-8(9(15)16)7-4-6(5-14)19-13-7/h4,8,14H,5H2,1-3H3,(H,12,17)(H,15,16)/t8-/m1/s1. The molecule has 0 bridgehead atoms. The van der Waals surface area contributed by atoms with Crippen LogP contribution in [0.5, 0.6) is 0 Å². The second-order valence-corrected chi connectivity index (χ2v) is 4.79. The first-order valence-electron chi connectivity index (χ1n) is 5.51. The zero-order chi connectivity index (χ0) is 14.6. The molecule has 0 spiro atoms. The Kier molecular flexibility index (Phi) is 4.49. The first kappa shape index (κ1) is 15.0. The number of aliphatic hydroxyl groups excluding tert-OH is 1. The highest BCUT2D eigenvalue weighted by atomic mass is 16.6. The van der Waals surface area contributed by atoms with Crippen LogP contribution in [0.15, 0.2) is 10.6 Å². The van der Waals surface area contributed by atoms with Gasteiger partial charge in [0.1, 0.15) is 17.9 Å². The fraction of sp³-hybridized carbons (Fsp3) is 0.545. The number of carbonyl (C=O) groups excluding carboxylic acids is 1. The number of hydrogen-bond donors (Lipinski definition) is 3. The van der Waals surface area contributed by atoms with E-state index in [1.807, 2.05) is 0 Å². The van der Waals surface area contributed by atoms with Gasteiger partial charge in [-0.3, -0.25) is 0 Å². The summed E-state index contributed by atoms with van der Waals surface area (Å²) >= 11 is 0. The Balaban J connectivity index is 2.79. The van der Waals surface area contributed by atoms with E-state index in [1.165, 1.54) is 6.07 Å². The van der Waals surface area contributed by atoms with Gasteiger partial charge in [-0.1, -0.05) is 5.16 Å². The van der Waals surface area contributed by atoms with Crippen molar-refractivity contribution in [3.8, 4) is 0 Å². The quantitative estimate of drug-likeness (QED) is 0.741. The van der Waals surface area contributed by atoms with Crippen molar-refractivity contribution in [1.29, 1.82) is 0 Å². The van der Waals surface area contributed by atoms with Gasteiger partial charge in [0.2, 0.25) is 0 Å². The first-order chi connectivity index (χ1) is 8.73. The van der Waals surface area contributed by atoms with Gasteiger partial charge in [-0.15, -0.1) is 0 Å². The van der Waals surface area contributed by atoms with Crippen LogP contribution in [0.2, 0.25) is 0 Å². The highest BCUT2D eigenvalue weighted by Crippen LogP contribution is 2.15. The van der Waals surface area contributed by atoms with E-state index in [0.29, 0.717) is 0 Å². The van der Waals surface area contributed by atoms with Crippen molar-refractivity contribution in [1.82, 2.24) is 10.5 Å². The third-order valence-electron chi connectivity index (χ3n) is 1.94. The minimum absolute atomic E-state index is 0.0255. The molecular weight excluding hydrogens is 256 g/mol. The van der Waals surface area contributed by atoms with Crippen molar-refractivity contribution < 1.29 is 29.1 Å². The smallest absolute Gasteiger partial charge is 0.408 e. The number of ether oxygens (including phenoxy) is 1. The molecule has 0 aromatic carbocycles. The number of aromatic nitrogens is 1. The van der Waals surface area contributed by atoms with Crippen LogP contribution in [0.4, 0.5) is 4.79 Å². The molecule has 8 heteroatoms. The van der Waals surface area contributed by atoms with Crippen LogP contribution < -0.4 is 5.32 Å². The summed E-state index contributed by atoms with van der Waals surface area (Å²) in [6, 6.07) is -0.158. The number of aliphatic hydroxyl groups is 1. The van der Waals surface area contributed by atoms with Gasteiger partial charge in [0, 0.05) is 6.07 Å². The number of nitrogens with one attached hydrogen (secondary N) is 1. The van der Waals surface area contributed by atoms with Gasteiger partial charge in [-0.05, 0) is 20.8 Å². The van der Waals surface area contributed by atoms with Gasteiger partial charge in [0.15, 0.2) is 11.8 Å². The third-order valence-corrected chi connectivity index (χ3v) is 1.94. The summed E-state index contributed by atoms with van der Waals surface area (Å²) < 4.78 is 9.62. The Bertz CT molecular complexity index is 462. The Hall–Kier alpha value is -2.09. The molecule has 1 rings (SSSR count). The lowest BCUT2D eigenvalue weighted by Gasteiger charge is -2.21. The van der Waals surface area contributed by atoms with Crippen molar-refractivity contribution in [3.63, 3.8) is 0 Å². The number of hydrogen-bond acceptors (Lipinski definition) is 6. The van der Waals surface area contributed by atoms with Gasteiger partial charge in [0.05, 0.1) is 0 Å². The first-order valence-corrected chi connectivity index (χ1v) is 5.51. The summed E-state index contributed by atoms with van der Waals surface area (Å²) in [6.07, 6.45) is -0.881. The topological polar surface area (TPSA) is 122 Å². The summed E-state index contributed by atoms with van der Waals surface area (Å²) in [7, 11) is 0. The van der Waals surface area contributed by atoms with Crippen molar-refractivity contribution >= 4 is 12.1 Å². The zero-order valence-corrected chi connectivity index (χ0v) is 10.8. The molecule has 0 aliphatic carbocycles. The molecule has 106 valence electrons. The van der Waals surface area contributed by atoms with Crippen molar-refractivity contribution in [2.75, 3.05) is 0 Å². The molecule has 0 aliphatic rings. The molecule has 1 amide bonds. The van der Waals surface area contributed by atoms with Gasteiger partial charge < -0.3 is 24.8 Å². The van der Waals surface area contributed by atoms with Crippen LogP contribution >= 0.6 is 0 Å². The summed E-state index contributed by atoms with van der Waals surface area (Å²) in [6.45, 7) is 4.55. The van der Waals surface area contributed by atoms with Crippen molar-refractivity contribution in [2.24, 2.45) is 0 Å². The average molecular weight is 272 g/mol. The maximum absolute atomic E-state index is 11.5. The minimum atomic E-state index is -1.40. The lowest BCUT2D eigenvalue weighted by molar-refractivity contribution is -0.139. The van der Waals surface area contributed by atoms with E-state index >= 15 is 0 Å². The van der Waals surface area contributed by atoms with Crippen LogP contribution in [0, 0.1) is 0 Å². The number of amides is 1. The predicted octanol–water partition coefficient (Wildman–Crippen LogP) is 0.817. The number of alkyl carbamates (subject to hydrolysis) is 1. The average Bonchev–Trinajstić information content (AvgIpc) is 2.71. The lowest BCUT2D eigenvalue weighted by atomic mass is 10.2. The number of nitrogens with zero attached hydrogens (tertiary/aromatic N) is 1. The van der Waals surface area contributed by atoms with Gasteiger partial charge in [-0.2, -0.15) is 0 Å². The largest absolute Gasteiger partial charge is 0.479 e. The number of rotatable bonds is 4. The van der Waals surface area contributed by atoms with Crippen LogP contribution in [-0.4, -0.2) is 33.0 Å². The normalized spacial score (nSPS) is 12.8. The van der Waals surface area contributed by atoms with E-state index in [9.17, 15) is 9.59 Å². The summed E-state index contributed by atoms with van der Waals surface area (Å²) in [5, 5.41) is 23.5. The zero-order valence-electron chi connectivity index (χ0n) is 10.8. The van der Waals surface area contributed by atoms with E-state index < -0.39 is 30.3 Å². The molecule has 1 aromatic heterocycles. The number of aliphatic carboxylic acids is 1. The van der Waals surface area contributed by atoms with E-state index in [4.69, 9.17) is 14.9 Å². The van der Waals surface area contributed by atoms with Gasteiger partial charge in [0.25, 0.3) is 0 Å². The molecule has 0 aliphatic heterocycles. The van der Waals surface area contributed by atoms with E-state index in [1.54, 1.807) is 20.8 Å². The molecule has 1 aromatic rings. The highest BCUT2D eigenvalue weighted by Gasteiger charge is 2.28. The fourth-order valence-electron chi connectivity index (χ4n) is 1.23. The van der Waals surface area contributed by atoms with Crippen LogP contribution in [-0.2, 0) is 16.1 Å². The molecule has 0 unspecified atom stereocenters. The molecular formula is C11H16N2O6. The monoisotopic (exact) mass is 272 g/mol. The minimum Gasteiger partial charge on any atom is -0.479 e. The van der Waals surface area contributed by atoms with Gasteiger partial charge >= 0.3 is 12.1 Å². The molecule has 19 heavy (non-hydrogen) atoms. The molecule has 1 atom stereocenters. The lowest BCUT2D eigenvalue weighted by Crippen LogP contribution is -2.38. The summed E-state index contributed by atoms with van der Waals surface area (Å²) in [4.78, 5) is 22.6. The predicted molar refractivity (Wildman–Crippen MR) is 62.2 cm³/mol. The Morgan fingerprint density at radius 1 is 1.53 bits per heavy atom. The van der Waals surface area contributed by atoms with Crippen LogP contribution in [0.3, 0.4) is 0 Å². The number of carbonyl (C=O) groups is 2. The molecule has 0 radical (unpaired) electrons. The third kappa shape index (κ3) is 4.59. The number of carboxylic acid groups (broad SMARTS) is 1.